The lowest BCUT2D eigenvalue weighted by Crippen LogP contribution is -2.34. The number of aliphatic hydroxyl groups excluding tert-OH is 1. The summed E-state index contributed by atoms with van der Waals surface area (Å²) in [6.45, 7) is 2.85. The molecule has 1 aromatic rings. The first-order valence-electron chi connectivity index (χ1n) is 5.83. The average Bonchev–Trinajstić information content (AvgIpc) is 2.38. The largest absolute Gasteiger partial charge is 0.497 e. The van der Waals surface area contributed by atoms with Crippen molar-refractivity contribution < 1.29 is 14.6 Å². The van der Waals surface area contributed by atoms with Gasteiger partial charge in [-0.25, -0.2) is 0 Å². The Kier molecular flexibility index (Phi) is 6.15. The highest BCUT2D eigenvalue weighted by atomic mass is 79.9. The topological polar surface area (TPSA) is 49.8 Å². The molecule has 18 heavy (non-hydrogen) atoms. The minimum absolute atomic E-state index is 0.000466. The Hall–Kier alpha value is -1.07. The number of carbonyl (C=O) groups is 1. The van der Waals surface area contributed by atoms with Gasteiger partial charge in [-0.1, -0.05) is 15.9 Å². The van der Waals surface area contributed by atoms with Gasteiger partial charge >= 0.3 is 0 Å². The molecule has 0 saturated carbocycles. The van der Waals surface area contributed by atoms with E-state index in [0.29, 0.717) is 19.5 Å². The van der Waals surface area contributed by atoms with Crippen molar-refractivity contribution in [3.05, 3.63) is 28.2 Å². The Bertz CT molecular complexity index is 409. The average molecular weight is 316 g/mol. The van der Waals surface area contributed by atoms with E-state index in [4.69, 9.17) is 9.84 Å². The minimum atomic E-state index is -0.0150. The van der Waals surface area contributed by atoms with Gasteiger partial charge in [-0.15, -0.1) is 0 Å². The maximum Gasteiger partial charge on any atom is 0.227 e. The number of ether oxygens (including phenoxy) is 1. The fourth-order valence-electron chi connectivity index (χ4n) is 1.67. The molecule has 0 bridgehead atoms. The predicted molar refractivity (Wildman–Crippen MR) is 73.7 cm³/mol. The standard InChI is InChI=1S/C13H18BrNO3/c1-3-15(6-7-16)13(17)9-10-8-11(18-2)4-5-12(10)14/h4-5,8,16H,3,6-7,9H2,1-2H3. The predicted octanol–water partition coefficient (Wildman–Crippen LogP) is 1.84. The molecule has 1 amide bonds. The quantitative estimate of drug-likeness (QED) is 0.871. The van der Waals surface area contributed by atoms with Gasteiger partial charge in [-0.05, 0) is 30.7 Å². The van der Waals surface area contributed by atoms with Crippen molar-refractivity contribution in [1.29, 1.82) is 0 Å². The van der Waals surface area contributed by atoms with Crippen molar-refractivity contribution in [2.75, 3.05) is 26.8 Å². The van der Waals surface area contributed by atoms with Gasteiger partial charge < -0.3 is 14.7 Å². The Morgan fingerprint density at radius 1 is 1.50 bits per heavy atom. The van der Waals surface area contributed by atoms with Crippen LogP contribution in [0.2, 0.25) is 0 Å². The monoisotopic (exact) mass is 315 g/mol. The zero-order valence-electron chi connectivity index (χ0n) is 10.6. The van der Waals surface area contributed by atoms with Crippen molar-refractivity contribution in [2.45, 2.75) is 13.3 Å². The van der Waals surface area contributed by atoms with Gasteiger partial charge in [0, 0.05) is 17.6 Å². The number of carbonyl (C=O) groups excluding carboxylic acids is 1. The molecule has 5 heteroatoms. The van der Waals surface area contributed by atoms with Crippen molar-refractivity contribution >= 4 is 21.8 Å². The number of rotatable bonds is 6. The maximum atomic E-state index is 12.0. The van der Waals surface area contributed by atoms with Gasteiger partial charge in [0.05, 0.1) is 20.1 Å². The van der Waals surface area contributed by atoms with E-state index in [0.717, 1.165) is 15.8 Å². The number of hydrogen-bond donors (Lipinski definition) is 1. The Morgan fingerprint density at radius 3 is 2.78 bits per heavy atom. The van der Waals surface area contributed by atoms with Gasteiger partial charge in [0.2, 0.25) is 5.91 Å². The Balaban J connectivity index is 2.79. The molecule has 0 aliphatic rings. The third-order valence-electron chi connectivity index (χ3n) is 2.70. The molecule has 0 radical (unpaired) electrons. The second-order valence-corrected chi connectivity index (χ2v) is 4.69. The van der Waals surface area contributed by atoms with Gasteiger partial charge in [-0.3, -0.25) is 4.79 Å². The molecule has 1 aromatic carbocycles. The van der Waals surface area contributed by atoms with E-state index in [2.05, 4.69) is 15.9 Å². The molecule has 0 atom stereocenters. The molecule has 0 unspecified atom stereocenters. The van der Waals surface area contributed by atoms with Crippen LogP contribution in [0.15, 0.2) is 22.7 Å². The van der Waals surface area contributed by atoms with E-state index in [-0.39, 0.29) is 12.5 Å². The van der Waals surface area contributed by atoms with Gasteiger partial charge in [-0.2, -0.15) is 0 Å². The molecule has 0 aliphatic heterocycles. The highest BCUT2D eigenvalue weighted by Crippen LogP contribution is 2.23. The molecular formula is C13H18BrNO3. The van der Waals surface area contributed by atoms with Crippen LogP contribution >= 0.6 is 15.9 Å². The third kappa shape index (κ3) is 3.99. The van der Waals surface area contributed by atoms with Crippen LogP contribution in [0.1, 0.15) is 12.5 Å². The summed E-state index contributed by atoms with van der Waals surface area (Å²) < 4.78 is 6.03. The molecule has 0 aromatic heterocycles. The molecule has 0 saturated heterocycles. The van der Waals surface area contributed by atoms with Gasteiger partial charge in [0.15, 0.2) is 0 Å². The molecule has 0 heterocycles. The first-order valence-corrected chi connectivity index (χ1v) is 6.62. The molecule has 0 aliphatic carbocycles. The number of likely N-dealkylation sites (N-methyl/N-ethyl adjacent to an activating group) is 1. The summed E-state index contributed by atoms with van der Waals surface area (Å²) >= 11 is 3.42. The summed E-state index contributed by atoms with van der Waals surface area (Å²) in [7, 11) is 1.60. The first-order chi connectivity index (χ1) is 8.62. The lowest BCUT2D eigenvalue weighted by molar-refractivity contribution is -0.130. The first kappa shape index (κ1) is 15.0. The molecule has 4 nitrogen and oxygen atoms in total. The molecule has 100 valence electrons. The zero-order chi connectivity index (χ0) is 13.5. The van der Waals surface area contributed by atoms with Crippen molar-refractivity contribution in [2.24, 2.45) is 0 Å². The fraction of sp³-hybridized carbons (Fsp3) is 0.462. The Labute approximate surface area is 116 Å². The number of halogens is 1. The summed E-state index contributed by atoms with van der Waals surface area (Å²) in [6.07, 6.45) is 0.297. The fourth-order valence-corrected chi connectivity index (χ4v) is 2.05. The highest BCUT2D eigenvalue weighted by Gasteiger charge is 2.13. The van der Waals surface area contributed by atoms with E-state index in [1.54, 1.807) is 12.0 Å². The van der Waals surface area contributed by atoms with Crippen LogP contribution in [-0.2, 0) is 11.2 Å². The van der Waals surface area contributed by atoms with Crippen molar-refractivity contribution in [1.82, 2.24) is 4.90 Å². The number of benzene rings is 1. The number of nitrogens with zero attached hydrogens (tertiary/aromatic N) is 1. The summed E-state index contributed by atoms with van der Waals surface area (Å²) in [4.78, 5) is 13.7. The van der Waals surface area contributed by atoms with Crippen molar-refractivity contribution in [3.8, 4) is 5.75 Å². The van der Waals surface area contributed by atoms with E-state index in [1.165, 1.54) is 0 Å². The SMILES string of the molecule is CCN(CCO)C(=O)Cc1cc(OC)ccc1Br. The molecule has 1 N–H and O–H groups in total. The van der Waals surface area contributed by atoms with Crippen LogP contribution < -0.4 is 4.74 Å². The van der Waals surface area contributed by atoms with E-state index >= 15 is 0 Å². The summed E-state index contributed by atoms with van der Waals surface area (Å²) in [5, 5.41) is 8.90. The second-order valence-electron chi connectivity index (χ2n) is 3.83. The summed E-state index contributed by atoms with van der Waals surface area (Å²) in [5.41, 5.74) is 0.885. The normalized spacial score (nSPS) is 10.2. The second kappa shape index (κ2) is 7.38. The third-order valence-corrected chi connectivity index (χ3v) is 3.47. The van der Waals surface area contributed by atoms with Crippen LogP contribution in [0.3, 0.4) is 0 Å². The zero-order valence-corrected chi connectivity index (χ0v) is 12.2. The highest BCUT2D eigenvalue weighted by molar-refractivity contribution is 9.10. The van der Waals surface area contributed by atoms with Crippen LogP contribution in [0.4, 0.5) is 0 Å². The van der Waals surface area contributed by atoms with Crippen molar-refractivity contribution in [3.63, 3.8) is 0 Å². The van der Waals surface area contributed by atoms with Crippen LogP contribution in [-0.4, -0.2) is 42.7 Å². The van der Waals surface area contributed by atoms with Crippen LogP contribution in [0.25, 0.3) is 0 Å². The summed E-state index contributed by atoms with van der Waals surface area (Å²) in [6, 6.07) is 5.54. The van der Waals surface area contributed by atoms with Crippen LogP contribution in [0, 0.1) is 0 Å². The molecule has 0 spiro atoms. The Morgan fingerprint density at radius 2 is 2.22 bits per heavy atom. The number of hydrogen-bond acceptors (Lipinski definition) is 3. The van der Waals surface area contributed by atoms with Crippen LogP contribution in [0.5, 0.6) is 5.75 Å². The molecular weight excluding hydrogens is 298 g/mol. The number of methoxy groups -OCH3 is 1. The maximum absolute atomic E-state index is 12.0. The molecule has 1 rings (SSSR count). The number of amides is 1. The molecule has 0 fully saturated rings. The van der Waals surface area contributed by atoms with Gasteiger partial charge in [0.1, 0.15) is 5.75 Å². The lowest BCUT2D eigenvalue weighted by Gasteiger charge is -2.20. The van der Waals surface area contributed by atoms with Gasteiger partial charge in [0.25, 0.3) is 0 Å². The summed E-state index contributed by atoms with van der Waals surface area (Å²) in [5.74, 6) is 0.728. The van der Waals surface area contributed by atoms with E-state index in [9.17, 15) is 4.79 Å². The smallest absolute Gasteiger partial charge is 0.227 e. The van der Waals surface area contributed by atoms with E-state index < -0.39 is 0 Å². The number of aliphatic hydroxyl groups is 1. The minimum Gasteiger partial charge on any atom is -0.497 e. The van der Waals surface area contributed by atoms with E-state index in [1.807, 2.05) is 25.1 Å². The lowest BCUT2D eigenvalue weighted by atomic mass is 10.1.